The van der Waals surface area contributed by atoms with E-state index >= 15 is 0 Å². The molecule has 1 amide bonds. The van der Waals surface area contributed by atoms with Crippen LogP contribution < -0.4 is 11.1 Å². The van der Waals surface area contributed by atoms with Crippen molar-refractivity contribution in [2.45, 2.75) is 45.1 Å². The first-order valence-electron chi connectivity index (χ1n) is 12.6. The van der Waals surface area contributed by atoms with Crippen molar-refractivity contribution in [2.75, 3.05) is 25.5 Å². The van der Waals surface area contributed by atoms with E-state index in [1.165, 1.54) is 5.56 Å². The molecule has 3 N–H and O–H groups in total. The van der Waals surface area contributed by atoms with Gasteiger partial charge in [0.2, 0.25) is 5.91 Å². The SMILES string of the molecule is CCCCc1nc2c(N)nc3ccccc3c2n1CCOCCNC(=O)[C@@H]1C[C@H]1c1ccccc1. The molecule has 35 heavy (non-hydrogen) atoms. The van der Waals surface area contributed by atoms with E-state index in [2.05, 4.69) is 40.0 Å². The number of amides is 1. The number of ether oxygens (including phenoxy) is 1. The molecule has 0 bridgehead atoms. The predicted molar refractivity (Wildman–Crippen MR) is 139 cm³/mol. The molecule has 1 aliphatic rings. The Labute approximate surface area is 205 Å². The molecule has 182 valence electrons. The molecule has 1 aliphatic carbocycles. The number of unbranched alkanes of at least 4 members (excludes halogenated alkanes) is 1. The number of nitrogens with one attached hydrogen (secondary N) is 1. The van der Waals surface area contributed by atoms with Crippen LogP contribution in [0.5, 0.6) is 0 Å². The second-order valence-corrected chi connectivity index (χ2v) is 9.26. The van der Waals surface area contributed by atoms with Gasteiger partial charge in [0, 0.05) is 30.8 Å². The molecule has 2 atom stereocenters. The molecule has 2 aromatic carbocycles. The van der Waals surface area contributed by atoms with Crippen LogP contribution in [0.15, 0.2) is 54.6 Å². The first-order chi connectivity index (χ1) is 17.2. The van der Waals surface area contributed by atoms with Crippen LogP contribution >= 0.6 is 0 Å². The van der Waals surface area contributed by atoms with Gasteiger partial charge in [0.05, 0.1) is 24.2 Å². The number of aryl methyl sites for hydroxylation is 1. The molecule has 4 aromatic rings. The molecule has 1 fully saturated rings. The Morgan fingerprint density at radius 3 is 2.74 bits per heavy atom. The number of hydrogen-bond acceptors (Lipinski definition) is 5. The Morgan fingerprint density at radius 1 is 1.11 bits per heavy atom. The van der Waals surface area contributed by atoms with Gasteiger partial charge in [0.1, 0.15) is 11.3 Å². The van der Waals surface area contributed by atoms with Gasteiger partial charge in [-0.1, -0.05) is 61.9 Å². The van der Waals surface area contributed by atoms with E-state index in [0.29, 0.717) is 38.0 Å². The van der Waals surface area contributed by atoms with Crippen molar-refractivity contribution in [2.24, 2.45) is 5.92 Å². The fourth-order valence-electron chi connectivity index (χ4n) is 4.86. The van der Waals surface area contributed by atoms with Gasteiger partial charge in [0.25, 0.3) is 0 Å². The van der Waals surface area contributed by atoms with Crippen LogP contribution in [-0.2, 0) is 22.5 Å². The molecule has 0 saturated heterocycles. The topological polar surface area (TPSA) is 95.1 Å². The van der Waals surface area contributed by atoms with Crippen molar-refractivity contribution in [3.05, 3.63) is 66.0 Å². The van der Waals surface area contributed by atoms with Gasteiger partial charge in [0.15, 0.2) is 5.82 Å². The van der Waals surface area contributed by atoms with Crippen molar-refractivity contribution in [3.8, 4) is 0 Å². The summed E-state index contributed by atoms with van der Waals surface area (Å²) in [5.74, 6) is 2.05. The Balaban J connectivity index is 1.18. The lowest BCUT2D eigenvalue weighted by atomic mass is 10.1. The summed E-state index contributed by atoms with van der Waals surface area (Å²) in [4.78, 5) is 21.9. The number of carbonyl (C=O) groups is 1. The number of para-hydroxylation sites is 1. The van der Waals surface area contributed by atoms with Gasteiger partial charge in [-0.15, -0.1) is 0 Å². The zero-order valence-corrected chi connectivity index (χ0v) is 20.2. The largest absolute Gasteiger partial charge is 0.382 e. The second kappa shape index (κ2) is 10.4. The average molecular weight is 472 g/mol. The number of imidazole rings is 1. The smallest absolute Gasteiger partial charge is 0.223 e. The number of benzene rings is 2. The highest BCUT2D eigenvalue weighted by Gasteiger charge is 2.43. The normalized spacial score (nSPS) is 17.2. The molecule has 0 unspecified atom stereocenters. The fourth-order valence-corrected chi connectivity index (χ4v) is 4.86. The third-order valence-electron chi connectivity index (χ3n) is 6.80. The number of rotatable bonds is 11. The molecule has 0 aliphatic heterocycles. The van der Waals surface area contributed by atoms with Crippen molar-refractivity contribution >= 4 is 33.7 Å². The predicted octanol–water partition coefficient (Wildman–Crippen LogP) is 4.45. The minimum Gasteiger partial charge on any atom is -0.382 e. The lowest BCUT2D eigenvalue weighted by molar-refractivity contribution is -0.122. The number of nitrogens with two attached hydrogens (primary N) is 1. The van der Waals surface area contributed by atoms with E-state index in [1.807, 2.05) is 36.4 Å². The standard InChI is InChI=1S/C28H33N5O2/c1-2-3-13-24-32-25-26(20-11-7-8-12-23(20)31-27(25)29)33(24)15-17-35-16-14-30-28(34)22-18-21(22)19-9-5-4-6-10-19/h4-12,21-22H,2-3,13-18H2,1H3,(H2,29,31)(H,30,34)/t21-,22+/m0/s1. The maximum Gasteiger partial charge on any atom is 0.223 e. The third-order valence-corrected chi connectivity index (χ3v) is 6.80. The van der Waals surface area contributed by atoms with Crippen molar-refractivity contribution in [1.29, 1.82) is 0 Å². The molecule has 7 nitrogen and oxygen atoms in total. The Kier molecular flexibility index (Phi) is 6.95. The average Bonchev–Trinajstić information content (AvgIpc) is 3.60. The van der Waals surface area contributed by atoms with Gasteiger partial charge >= 0.3 is 0 Å². The summed E-state index contributed by atoms with van der Waals surface area (Å²) in [6.07, 6.45) is 3.97. The number of aromatic nitrogens is 3. The summed E-state index contributed by atoms with van der Waals surface area (Å²) in [5.41, 5.74) is 10.2. The van der Waals surface area contributed by atoms with Gasteiger partial charge in [-0.2, -0.15) is 0 Å². The highest BCUT2D eigenvalue weighted by atomic mass is 16.5. The lowest BCUT2D eigenvalue weighted by Gasteiger charge is -2.12. The maximum atomic E-state index is 12.5. The molecule has 2 aromatic heterocycles. The van der Waals surface area contributed by atoms with Gasteiger partial charge in [-0.05, 0) is 30.4 Å². The molecular formula is C28H33N5O2. The Hall–Kier alpha value is -3.45. The van der Waals surface area contributed by atoms with Crippen LogP contribution in [0.2, 0.25) is 0 Å². The summed E-state index contributed by atoms with van der Waals surface area (Å²) in [6.45, 7) is 4.39. The first-order valence-corrected chi connectivity index (χ1v) is 12.6. The maximum absolute atomic E-state index is 12.5. The van der Waals surface area contributed by atoms with Crippen molar-refractivity contribution < 1.29 is 9.53 Å². The summed E-state index contributed by atoms with van der Waals surface area (Å²) >= 11 is 0. The molecular weight excluding hydrogens is 438 g/mol. The minimum absolute atomic E-state index is 0.0863. The highest BCUT2D eigenvalue weighted by Crippen LogP contribution is 2.47. The van der Waals surface area contributed by atoms with Crippen LogP contribution in [0, 0.1) is 5.92 Å². The molecule has 0 radical (unpaired) electrons. The second-order valence-electron chi connectivity index (χ2n) is 9.26. The number of fused-ring (bicyclic) bond motifs is 3. The van der Waals surface area contributed by atoms with E-state index < -0.39 is 0 Å². The van der Waals surface area contributed by atoms with Crippen molar-refractivity contribution in [1.82, 2.24) is 19.9 Å². The number of nitrogens with zero attached hydrogens (tertiary/aromatic N) is 3. The number of carbonyl (C=O) groups excluding carboxylic acids is 1. The van der Waals surface area contributed by atoms with E-state index in [-0.39, 0.29) is 11.8 Å². The summed E-state index contributed by atoms with van der Waals surface area (Å²) in [6, 6.07) is 18.3. The molecule has 1 saturated carbocycles. The number of hydrogen-bond donors (Lipinski definition) is 2. The van der Waals surface area contributed by atoms with Crippen LogP contribution in [0.3, 0.4) is 0 Å². The zero-order valence-electron chi connectivity index (χ0n) is 20.2. The van der Waals surface area contributed by atoms with Crippen LogP contribution in [0.1, 0.15) is 43.5 Å². The monoisotopic (exact) mass is 471 g/mol. The van der Waals surface area contributed by atoms with Crippen molar-refractivity contribution in [3.63, 3.8) is 0 Å². The van der Waals surface area contributed by atoms with Gasteiger partial charge in [-0.25, -0.2) is 9.97 Å². The van der Waals surface area contributed by atoms with E-state index in [4.69, 9.17) is 15.5 Å². The third kappa shape index (κ3) is 5.00. The van der Waals surface area contributed by atoms with Crippen LogP contribution in [0.25, 0.3) is 21.9 Å². The lowest BCUT2D eigenvalue weighted by Crippen LogP contribution is -2.29. The van der Waals surface area contributed by atoms with Gasteiger partial charge in [-0.3, -0.25) is 4.79 Å². The number of anilines is 1. The van der Waals surface area contributed by atoms with Crippen LogP contribution in [-0.4, -0.2) is 40.2 Å². The summed E-state index contributed by atoms with van der Waals surface area (Å²) in [5, 5.41) is 4.08. The van der Waals surface area contributed by atoms with E-state index in [9.17, 15) is 4.79 Å². The molecule has 0 spiro atoms. The van der Waals surface area contributed by atoms with E-state index in [1.54, 1.807) is 0 Å². The molecule has 7 heteroatoms. The minimum atomic E-state index is 0.0863. The number of nitrogen functional groups attached to an aromatic ring is 1. The fraction of sp³-hybridized carbons (Fsp3) is 0.393. The van der Waals surface area contributed by atoms with Crippen LogP contribution in [0.4, 0.5) is 5.82 Å². The zero-order chi connectivity index (χ0) is 24.2. The summed E-state index contributed by atoms with van der Waals surface area (Å²) < 4.78 is 8.14. The Bertz CT molecular complexity index is 1320. The molecule has 5 rings (SSSR count). The number of pyridine rings is 1. The molecule has 2 heterocycles. The first kappa shape index (κ1) is 23.3. The Morgan fingerprint density at radius 2 is 1.91 bits per heavy atom. The van der Waals surface area contributed by atoms with E-state index in [0.717, 1.165) is 53.4 Å². The highest BCUT2D eigenvalue weighted by molar-refractivity contribution is 6.06. The summed E-state index contributed by atoms with van der Waals surface area (Å²) in [7, 11) is 0. The quantitative estimate of drug-likeness (QED) is 0.315. The van der Waals surface area contributed by atoms with Gasteiger partial charge < -0.3 is 20.4 Å².